The zero-order valence-electron chi connectivity index (χ0n) is 15.9. The number of anilines is 2. The van der Waals surface area contributed by atoms with E-state index in [0.29, 0.717) is 17.1 Å². The van der Waals surface area contributed by atoms with Crippen molar-refractivity contribution >= 4 is 23.3 Å². The third-order valence-electron chi connectivity index (χ3n) is 6.30. The minimum Gasteiger partial charge on any atom is -0.482 e. The topological polar surface area (TPSA) is 79.9 Å². The normalized spacial score (nSPS) is 25.2. The molecule has 0 unspecified atom stereocenters. The summed E-state index contributed by atoms with van der Waals surface area (Å²) in [7, 11) is 1.87. The number of nitrogens with one attached hydrogen (secondary N) is 2. The van der Waals surface area contributed by atoms with E-state index in [1.807, 2.05) is 18.9 Å². The van der Waals surface area contributed by atoms with E-state index < -0.39 is 0 Å². The Morgan fingerprint density at radius 2 is 2.19 bits per heavy atom. The van der Waals surface area contributed by atoms with Crippen LogP contribution in [0.4, 0.5) is 16.2 Å². The SMILES string of the molecule is CCO[C@@H]1C[C@H](N(C)C(=O)Nc2ccc3c(c2)OCC(=O)N3)C12CCCC2. The fraction of sp³-hybridized carbons (Fsp3) is 0.600. The van der Waals surface area contributed by atoms with Crippen LogP contribution in [0.5, 0.6) is 5.75 Å². The summed E-state index contributed by atoms with van der Waals surface area (Å²) >= 11 is 0. The van der Waals surface area contributed by atoms with Crippen LogP contribution in [0.3, 0.4) is 0 Å². The first-order chi connectivity index (χ1) is 13.0. The van der Waals surface area contributed by atoms with Gasteiger partial charge < -0.3 is 25.0 Å². The molecule has 2 aliphatic carbocycles. The molecular weight excluding hydrogens is 346 g/mol. The molecule has 2 atom stereocenters. The Balaban J connectivity index is 1.43. The maximum Gasteiger partial charge on any atom is 0.321 e. The zero-order valence-corrected chi connectivity index (χ0v) is 15.9. The average molecular weight is 373 g/mol. The molecule has 3 aliphatic rings. The smallest absolute Gasteiger partial charge is 0.321 e. The van der Waals surface area contributed by atoms with Crippen LogP contribution >= 0.6 is 0 Å². The van der Waals surface area contributed by atoms with Gasteiger partial charge in [-0.15, -0.1) is 0 Å². The van der Waals surface area contributed by atoms with Crippen LogP contribution in [0.15, 0.2) is 18.2 Å². The van der Waals surface area contributed by atoms with E-state index >= 15 is 0 Å². The molecule has 2 saturated carbocycles. The maximum absolute atomic E-state index is 12.8. The molecule has 0 saturated heterocycles. The van der Waals surface area contributed by atoms with Gasteiger partial charge in [0.1, 0.15) is 5.75 Å². The van der Waals surface area contributed by atoms with Gasteiger partial charge in [0.2, 0.25) is 0 Å². The van der Waals surface area contributed by atoms with E-state index in [4.69, 9.17) is 9.47 Å². The van der Waals surface area contributed by atoms with Gasteiger partial charge in [-0.3, -0.25) is 4.79 Å². The summed E-state index contributed by atoms with van der Waals surface area (Å²) in [5.74, 6) is 0.400. The first-order valence-corrected chi connectivity index (χ1v) is 9.75. The Kier molecular flexibility index (Phi) is 4.72. The molecule has 7 nitrogen and oxygen atoms in total. The van der Waals surface area contributed by atoms with Crippen molar-refractivity contribution in [3.63, 3.8) is 0 Å². The Labute approximate surface area is 159 Å². The van der Waals surface area contributed by atoms with Crippen molar-refractivity contribution in [2.75, 3.05) is 30.9 Å². The predicted octanol–water partition coefficient (Wildman–Crippen LogP) is 3.22. The van der Waals surface area contributed by atoms with Gasteiger partial charge in [-0.1, -0.05) is 12.8 Å². The van der Waals surface area contributed by atoms with Crippen LogP contribution in [0, 0.1) is 5.41 Å². The van der Waals surface area contributed by atoms with Gasteiger partial charge in [0, 0.05) is 36.9 Å². The second-order valence-corrected chi connectivity index (χ2v) is 7.72. The molecule has 0 bridgehead atoms. The fourth-order valence-corrected chi connectivity index (χ4v) is 4.90. The number of hydrogen-bond acceptors (Lipinski definition) is 4. The predicted molar refractivity (Wildman–Crippen MR) is 102 cm³/mol. The number of rotatable bonds is 4. The third kappa shape index (κ3) is 3.14. The lowest BCUT2D eigenvalue weighted by Gasteiger charge is -2.56. The summed E-state index contributed by atoms with van der Waals surface area (Å²) in [6.45, 7) is 2.75. The van der Waals surface area contributed by atoms with Crippen molar-refractivity contribution in [3.05, 3.63) is 18.2 Å². The van der Waals surface area contributed by atoms with Gasteiger partial charge in [0.25, 0.3) is 5.91 Å². The number of urea groups is 1. The molecule has 1 aliphatic heterocycles. The van der Waals surface area contributed by atoms with Crippen molar-refractivity contribution < 1.29 is 19.1 Å². The van der Waals surface area contributed by atoms with Gasteiger partial charge in [-0.2, -0.15) is 0 Å². The van der Waals surface area contributed by atoms with Gasteiger partial charge >= 0.3 is 6.03 Å². The minimum absolute atomic E-state index is 0.00624. The first kappa shape index (κ1) is 18.1. The Morgan fingerprint density at radius 1 is 1.41 bits per heavy atom. The maximum atomic E-state index is 12.8. The molecular formula is C20H27N3O4. The number of ether oxygens (including phenoxy) is 2. The van der Waals surface area contributed by atoms with Gasteiger partial charge in [-0.25, -0.2) is 4.79 Å². The van der Waals surface area contributed by atoms with Gasteiger partial charge in [-0.05, 0) is 38.3 Å². The minimum atomic E-state index is -0.172. The molecule has 1 spiro atoms. The molecule has 1 heterocycles. The summed E-state index contributed by atoms with van der Waals surface area (Å²) < 4.78 is 11.4. The lowest BCUT2D eigenvalue weighted by Crippen LogP contribution is -2.64. The highest BCUT2D eigenvalue weighted by atomic mass is 16.5. The molecule has 2 N–H and O–H groups in total. The largest absolute Gasteiger partial charge is 0.482 e. The number of carbonyl (C=O) groups is 2. The van der Waals surface area contributed by atoms with Crippen molar-refractivity contribution in [3.8, 4) is 5.75 Å². The number of hydrogen-bond donors (Lipinski definition) is 2. The quantitative estimate of drug-likeness (QED) is 0.849. The molecule has 0 aromatic heterocycles. The molecule has 7 heteroatoms. The van der Waals surface area contributed by atoms with Crippen molar-refractivity contribution in [1.82, 2.24) is 4.90 Å². The van der Waals surface area contributed by atoms with E-state index in [1.165, 1.54) is 12.8 Å². The van der Waals surface area contributed by atoms with Crippen molar-refractivity contribution in [2.45, 2.75) is 51.2 Å². The van der Waals surface area contributed by atoms with Gasteiger partial charge in [0.15, 0.2) is 6.61 Å². The van der Waals surface area contributed by atoms with Gasteiger partial charge in [0.05, 0.1) is 11.8 Å². The van der Waals surface area contributed by atoms with E-state index in [0.717, 1.165) is 25.9 Å². The van der Waals surface area contributed by atoms with Crippen LogP contribution < -0.4 is 15.4 Å². The van der Waals surface area contributed by atoms with E-state index in [9.17, 15) is 9.59 Å². The van der Waals surface area contributed by atoms with Crippen LogP contribution in [-0.2, 0) is 9.53 Å². The first-order valence-electron chi connectivity index (χ1n) is 9.75. The van der Waals surface area contributed by atoms with E-state index in [2.05, 4.69) is 10.6 Å². The standard InChI is InChI=1S/C20H27N3O4/c1-3-26-17-11-16(20(17)8-4-5-9-20)23(2)19(25)21-13-6-7-14-15(10-13)27-12-18(24)22-14/h6-7,10,16-17H,3-5,8-9,11-12H2,1-2H3,(H,21,25)(H,22,24)/t16-,17+/m0/s1. The van der Waals surface area contributed by atoms with Crippen LogP contribution in [-0.4, -0.2) is 49.2 Å². The molecule has 146 valence electrons. The van der Waals surface area contributed by atoms with Crippen LogP contribution in [0.2, 0.25) is 0 Å². The Bertz CT molecular complexity index is 745. The number of amides is 3. The lowest BCUT2D eigenvalue weighted by molar-refractivity contribution is -0.150. The van der Waals surface area contributed by atoms with Crippen molar-refractivity contribution in [2.24, 2.45) is 5.41 Å². The highest BCUT2D eigenvalue weighted by Crippen LogP contribution is 2.56. The number of benzene rings is 1. The van der Waals surface area contributed by atoms with Crippen molar-refractivity contribution in [1.29, 1.82) is 0 Å². The highest BCUT2D eigenvalue weighted by molar-refractivity contribution is 5.96. The highest BCUT2D eigenvalue weighted by Gasteiger charge is 2.58. The molecule has 27 heavy (non-hydrogen) atoms. The lowest BCUT2D eigenvalue weighted by atomic mass is 9.60. The second kappa shape index (κ2) is 7.03. The molecule has 2 fully saturated rings. The average Bonchev–Trinajstić information content (AvgIpc) is 3.17. The fourth-order valence-electron chi connectivity index (χ4n) is 4.90. The summed E-state index contributed by atoms with van der Waals surface area (Å²) in [6, 6.07) is 5.35. The zero-order chi connectivity index (χ0) is 19.0. The Morgan fingerprint density at radius 3 is 2.93 bits per heavy atom. The number of nitrogens with zero attached hydrogens (tertiary/aromatic N) is 1. The number of fused-ring (bicyclic) bond motifs is 1. The third-order valence-corrected chi connectivity index (χ3v) is 6.30. The van der Waals surface area contributed by atoms with E-state index in [1.54, 1.807) is 18.2 Å². The molecule has 1 aromatic rings. The molecule has 1 aromatic carbocycles. The van der Waals surface area contributed by atoms with Crippen LogP contribution in [0.25, 0.3) is 0 Å². The second-order valence-electron chi connectivity index (χ2n) is 7.72. The monoisotopic (exact) mass is 373 g/mol. The summed E-state index contributed by atoms with van der Waals surface area (Å²) in [6.07, 6.45) is 5.86. The van der Waals surface area contributed by atoms with E-state index in [-0.39, 0.29) is 36.1 Å². The Hall–Kier alpha value is -2.28. The summed E-state index contributed by atoms with van der Waals surface area (Å²) in [4.78, 5) is 26.0. The molecule has 4 rings (SSSR count). The summed E-state index contributed by atoms with van der Waals surface area (Å²) in [5.41, 5.74) is 1.40. The molecule has 3 amide bonds. The number of carbonyl (C=O) groups excluding carboxylic acids is 2. The molecule has 0 radical (unpaired) electrons. The van der Waals surface area contributed by atoms with Crippen LogP contribution in [0.1, 0.15) is 39.0 Å². The summed E-state index contributed by atoms with van der Waals surface area (Å²) in [5, 5.41) is 5.71.